The molecular formula is C20H20O2. The molecule has 0 spiro atoms. The second-order valence-electron chi connectivity index (χ2n) is 6.43. The molecule has 0 fully saturated rings. The van der Waals surface area contributed by atoms with Crippen LogP contribution in [0.15, 0.2) is 42.0 Å². The highest BCUT2D eigenvalue weighted by Gasteiger charge is 2.25. The number of rotatable bonds is 1. The molecule has 2 nitrogen and oxygen atoms in total. The summed E-state index contributed by atoms with van der Waals surface area (Å²) in [7, 11) is 0. The van der Waals surface area contributed by atoms with Crippen molar-refractivity contribution in [1.29, 1.82) is 0 Å². The summed E-state index contributed by atoms with van der Waals surface area (Å²) in [5, 5.41) is 19.3. The van der Waals surface area contributed by atoms with Gasteiger partial charge < -0.3 is 10.2 Å². The van der Waals surface area contributed by atoms with Crippen molar-refractivity contribution in [3.05, 3.63) is 64.2 Å². The highest BCUT2D eigenvalue weighted by atomic mass is 16.3. The topological polar surface area (TPSA) is 40.5 Å². The summed E-state index contributed by atoms with van der Waals surface area (Å²) in [5.41, 5.74) is 6.66. The van der Waals surface area contributed by atoms with Gasteiger partial charge in [-0.1, -0.05) is 23.8 Å². The highest BCUT2D eigenvalue weighted by Crippen LogP contribution is 2.42. The van der Waals surface area contributed by atoms with E-state index < -0.39 is 0 Å². The van der Waals surface area contributed by atoms with E-state index in [1.54, 1.807) is 6.07 Å². The second-order valence-corrected chi connectivity index (χ2v) is 6.43. The Morgan fingerprint density at radius 1 is 0.818 bits per heavy atom. The van der Waals surface area contributed by atoms with Crippen LogP contribution in [-0.2, 0) is 12.8 Å². The van der Waals surface area contributed by atoms with Gasteiger partial charge in [0.1, 0.15) is 11.5 Å². The van der Waals surface area contributed by atoms with Gasteiger partial charge in [-0.15, -0.1) is 0 Å². The summed E-state index contributed by atoms with van der Waals surface area (Å²) in [4.78, 5) is 0. The van der Waals surface area contributed by atoms with Crippen molar-refractivity contribution in [3.63, 3.8) is 0 Å². The van der Waals surface area contributed by atoms with Crippen LogP contribution in [0, 0.1) is 0 Å². The first-order valence-corrected chi connectivity index (χ1v) is 8.05. The van der Waals surface area contributed by atoms with Crippen LogP contribution < -0.4 is 0 Å². The SMILES string of the molecule is Oc1ccc2c(c1)CCC([C@H]1CCCc3cc(O)ccc31)=C2. The lowest BCUT2D eigenvalue weighted by Gasteiger charge is -2.30. The van der Waals surface area contributed by atoms with Crippen molar-refractivity contribution in [3.8, 4) is 11.5 Å². The largest absolute Gasteiger partial charge is 0.508 e. The minimum Gasteiger partial charge on any atom is -0.508 e. The number of fused-ring (bicyclic) bond motifs is 2. The van der Waals surface area contributed by atoms with E-state index in [9.17, 15) is 10.2 Å². The van der Waals surface area contributed by atoms with Crippen LogP contribution in [0.2, 0.25) is 0 Å². The molecule has 4 rings (SSSR count). The number of hydrogen-bond acceptors (Lipinski definition) is 2. The molecule has 2 heteroatoms. The number of aryl methyl sites for hydroxylation is 2. The number of allylic oxidation sites excluding steroid dienone is 1. The smallest absolute Gasteiger partial charge is 0.115 e. The van der Waals surface area contributed by atoms with Crippen molar-refractivity contribution in [2.45, 2.75) is 38.0 Å². The third kappa shape index (κ3) is 2.29. The Balaban J connectivity index is 1.73. The standard InChI is InChI=1S/C20H20O2/c21-17-7-6-13-10-16(5-4-14(13)11-17)19-3-1-2-15-12-18(22)8-9-20(15)19/h6-12,19,21-22H,1-5H2/t19-/m1/s1. The monoisotopic (exact) mass is 292 g/mol. The molecule has 0 amide bonds. The Bertz CT molecular complexity index is 758. The fraction of sp³-hybridized carbons (Fsp3) is 0.300. The predicted octanol–water partition coefficient (Wildman–Crippen LogP) is 4.55. The van der Waals surface area contributed by atoms with Crippen molar-refractivity contribution in [2.24, 2.45) is 0 Å². The molecule has 0 saturated heterocycles. The average Bonchev–Trinajstić information content (AvgIpc) is 2.53. The molecule has 0 unspecified atom stereocenters. The van der Waals surface area contributed by atoms with Gasteiger partial charge in [0.2, 0.25) is 0 Å². The Labute approximate surface area is 130 Å². The third-order valence-corrected chi connectivity index (χ3v) is 5.04. The van der Waals surface area contributed by atoms with Gasteiger partial charge >= 0.3 is 0 Å². The maximum Gasteiger partial charge on any atom is 0.115 e. The molecule has 2 aromatic rings. The van der Waals surface area contributed by atoms with E-state index in [-0.39, 0.29) is 0 Å². The molecule has 0 aliphatic heterocycles. The minimum absolute atomic E-state index is 0.356. The Morgan fingerprint density at radius 3 is 2.45 bits per heavy atom. The maximum absolute atomic E-state index is 9.70. The van der Waals surface area contributed by atoms with Gasteiger partial charge in [0.05, 0.1) is 0 Å². The molecule has 112 valence electrons. The van der Waals surface area contributed by atoms with Crippen LogP contribution in [0.3, 0.4) is 0 Å². The third-order valence-electron chi connectivity index (χ3n) is 5.04. The Morgan fingerprint density at radius 2 is 1.59 bits per heavy atom. The molecule has 22 heavy (non-hydrogen) atoms. The molecule has 0 aromatic heterocycles. The summed E-state index contributed by atoms with van der Waals surface area (Å²) in [6.07, 6.45) is 7.81. The first kappa shape index (κ1) is 13.4. The van der Waals surface area contributed by atoms with Crippen molar-refractivity contribution in [2.75, 3.05) is 0 Å². The Hall–Kier alpha value is -2.22. The lowest BCUT2D eigenvalue weighted by atomic mass is 9.75. The fourth-order valence-electron chi connectivity index (χ4n) is 3.96. The van der Waals surface area contributed by atoms with Crippen LogP contribution in [-0.4, -0.2) is 10.2 Å². The van der Waals surface area contributed by atoms with Crippen LogP contribution in [0.25, 0.3) is 6.08 Å². The van der Waals surface area contributed by atoms with Gasteiger partial charge in [0, 0.05) is 5.92 Å². The molecule has 2 aromatic carbocycles. The van der Waals surface area contributed by atoms with Crippen molar-refractivity contribution in [1.82, 2.24) is 0 Å². The Kier molecular flexibility index (Phi) is 3.18. The first-order valence-electron chi connectivity index (χ1n) is 8.05. The lowest BCUT2D eigenvalue weighted by Crippen LogP contribution is -2.14. The van der Waals surface area contributed by atoms with Crippen molar-refractivity contribution < 1.29 is 10.2 Å². The van der Waals surface area contributed by atoms with E-state index in [1.807, 2.05) is 24.3 Å². The van der Waals surface area contributed by atoms with E-state index in [2.05, 4.69) is 12.1 Å². The number of phenols is 2. The van der Waals surface area contributed by atoms with E-state index in [4.69, 9.17) is 0 Å². The summed E-state index contributed by atoms with van der Waals surface area (Å²) >= 11 is 0. The summed E-state index contributed by atoms with van der Waals surface area (Å²) < 4.78 is 0. The maximum atomic E-state index is 9.70. The van der Waals surface area contributed by atoms with Gasteiger partial charge in [0.25, 0.3) is 0 Å². The summed E-state index contributed by atoms with van der Waals surface area (Å²) in [6, 6.07) is 11.5. The van der Waals surface area contributed by atoms with E-state index in [0.29, 0.717) is 17.4 Å². The van der Waals surface area contributed by atoms with E-state index in [0.717, 1.165) is 19.3 Å². The molecule has 0 saturated carbocycles. The fourth-order valence-corrected chi connectivity index (χ4v) is 3.96. The molecule has 2 aliphatic carbocycles. The van der Waals surface area contributed by atoms with Crippen molar-refractivity contribution >= 4 is 6.08 Å². The van der Waals surface area contributed by atoms with Gasteiger partial charge in [0.15, 0.2) is 0 Å². The highest BCUT2D eigenvalue weighted by molar-refractivity contribution is 5.63. The first-order chi connectivity index (χ1) is 10.7. The molecular weight excluding hydrogens is 272 g/mol. The zero-order valence-electron chi connectivity index (χ0n) is 12.5. The zero-order chi connectivity index (χ0) is 15.1. The van der Waals surface area contributed by atoms with E-state index in [1.165, 1.54) is 40.7 Å². The predicted molar refractivity (Wildman–Crippen MR) is 88.2 cm³/mol. The number of phenolic OH excluding ortho intramolecular Hbond substituents is 2. The van der Waals surface area contributed by atoms with Gasteiger partial charge in [-0.2, -0.15) is 0 Å². The quantitative estimate of drug-likeness (QED) is 0.809. The zero-order valence-corrected chi connectivity index (χ0v) is 12.5. The second kappa shape index (κ2) is 5.20. The van der Waals surface area contributed by atoms with E-state index >= 15 is 0 Å². The minimum atomic E-state index is 0.356. The van der Waals surface area contributed by atoms with Gasteiger partial charge in [-0.25, -0.2) is 0 Å². The summed E-state index contributed by atoms with van der Waals surface area (Å²) in [5.74, 6) is 1.21. The molecule has 0 bridgehead atoms. The molecule has 2 N–H and O–H groups in total. The number of hydrogen-bond donors (Lipinski definition) is 2. The number of aromatic hydroxyl groups is 2. The van der Waals surface area contributed by atoms with Gasteiger partial charge in [-0.3, -0.25) is 0 Å². The van der Waals surface area contributed by atoms with Crippen LogP contribution in [0.5, 0.6) is 11.5 Å². The summed E-state index contributed by atoms with van der Waals surface area (Å²) in [6.45, 7) is 0. The molecule has 1 atom stereocenters. The molecule has 0 heterocycles. The number of benzene rings is 2. The van der Waals surface area contributed by atoms with Crippen LogP contribution in [0.4, 0.5) is 0 Å². The van der Waals surface area contributed by atoms with Crippen LogP contribution in [0.1, 0.15) is 47.4 Å². The molecule has 2 aliphatic rings. The lowest BCUT2D eigenvalue weighted by molar-refractivity contribution is 0.472. The average molecular weight is 292 g/mol. The van der Waals surface area contributed by atoms with Gasteiger partial charge in [-0.05, 0) is 78.6 Å². The van der Waals surface area contributed by atoms with Crippen LogP contribution >= 0.6 is 0 Å². The molecule has 0 radical (unpaired) electrons. The normalized spacial score (nSPS) is 20.0.